The Morgan fingerprint density at radius 1 is 1.23 bits per heavy atom. The van der Waals surface area contributed by atoms with Crippen LogP contribution in [0, 0.1) is 0 Å². The normalized spacial score (nSPS) is 10.3. The molecule has 0 aliphatic heterocycles. The summed E-state index contributed by atoms with van der Waals surface area (Å²) in [6.07, 6.45) is 3.27. The Kier molecular flexibility index (Phi) is 2.10. The van der Waals surface area contributed by atoms with Gasteiger partial charge in [-0.2, -0.15) is 0 Å². The molecule has 2 aromatic rings. The average molecular weight is 240 g/mol. The highest BCUT2D eigenvalue weighted by molar-refractivity contribution is 9.10. The molecule has 0 unspecified atom stereocenters. The van der Waals surface area contributed by atoms with Crippen molar-refractivity contribution < 1.29 is 4.74 Å². The summed E-state index contributed by atoms with van der Waals surface area (Å²) in [6.45, 7) is 0. The topological polar surface area (TPSA) is 47.9 Å². The van der Waals surface area contributed by atoms with Gasteiger partial charge in [-0.15, -0.1) is 0 Å². The first-order chi connectivity index (χ1) is 6.29. The molecule has 4 nitrogen and oxygen atoms in total. The predicted octanol–water partition coefficient (Wildman–Crippen LogP) is 1.80. The van der Waals surface area contributed by atoms with Gasteiger partial charge >= 0.3 is 0 Å². The van der Waals surface area contributed by atoms with E-state index in [0.29, 0.717) is 10.5 Å². The van der Waals surface area contributed by atoms with Gasteiger partial charge in [-0.3, -0.25) is 4.98 Å². The predicted molar refractivity (Wildman–Crippen MR) is 51.6 cm³/mol. The third kappa shape index (κ3) is 1.60. The minimum absolute atomic E-state index is 0.545. The molecule has 0 N–H and O–H groups in total. The molecule has 0 amide bonds. The van der Waals surface area contributed by atoms with E-state index in [2.05, 4.69) is 30.9 Å². The number of aromatic nitrogens is 3. The molecule has 66 valence electrons. The van der Waals surface area contributed by atoms with Gasteiger partial charge in [0.2, 0.25) is 5.88 Å². The van der Waals surface area contributed by atoms with E-state index >= 15 is 0 Å². The van der Waals surface area contributed by atoms with Gasteiger partial charge in [0, 0.05) is 6.07 Å². The number of nitrogens with zero attached hydrogens (tertiary/aromatic N) is 3. The van der Waals surface area contributed by atoms with Crippen molar-refractivity contribution in [2.75, 3.05) is 7.11 Å². The zero-order valence-electron chi connectivity index (χ0n) is 6.86. The number of hydrogen-bond acceptors (Lipinski definition) is 4. The zero-order chi connectivity index (χ0) is 9.26. The molecular formula is C8H6BrN3O. The average Bonchev–Trinajstić information content (AvgIpc) is 2.17. The SMILES string of the molecule is COc1cc2ncc(Br)nc2cn1. The number of fused-ring (bicyclic) bond motifs is 1. The van der Waals surface area contributed by atoms with E-state index in [1.165, 1.54) is 0 Å². The monoisotopic (exact) mass is 239 g/mol. The molecule has 0 aliphatic rings. The fourth-order valence-corrected chi connectivity index (χ4v) is 1.28. The minimum atomic E-state index is 0.545. The van der Waals surface area contributed by atoms with Gasteiger partial charge in [0.25, 0.3) is 0 Å². The lowest BCUT2D eigenvalue weighted by molar-refractivity contribution is 0.398. The van der Waals surface area contributed by atoms with Crippen LogP contribution >= 0.6 is 15.9 Å². The van der Waals surface area contributed by atoms with Crippen molar-refractivity contribution in [1.82, 2.24) is 15.0 Å². The first-order valence-corrected chi connectivity index (χ1v) is 4.41. The highest BCUT2D eigenvalue weighted by Gasteiger charge is 2.00. The van der Waals surface area contributed by atoms with Gasteiger partial charge in [-0.05, 0) is 15.9 Å². The molecule has 0 aromatic carbocycles. The molecule has 0 saturated heterocycles. The maximum Gasteiger partial charge on any atom is 0.215 e. The van der Waals surface area contributed by atoms with Gasteiger partial charge in [-0.1, -0.05) is 0 Å². The van der Waals surface area contributed by atoms with Crippen LogP contribution in [0.25, 0.3) is 11.0 Å². The molecule has 0 bridgehead atoms. The fraction of sp³-hybridized carbons (Fsp3) is 0.125. The molecule has 2 heterocycles. The summed E-state index contributed by atoms with van der Waals surface area (Å²) < 4.78 is 5.66. The number of rotatable bonds is 1. The molecule has 2 aromatic heterocycles. The lowest BCUT2D eigenvalue weighted by Crippen LogP contribution is -1.90. The lowest BCUT2D eigenvalue weighted by atomic mass is 10.4. The quantitative estimate of drug-likeness (QED) is 0.762. The van der Waals surface area contributed by atoms with Crippen molar-refractivity contribution >= 4 is 27.0 Å². The van der Waals surface area contributed by atoms with Gasteiger partial charge in [-0.25, -0.2) is 9.97 Å². The van der Waals surface area contributed by atoms with E-state index in [-0.39, 0.29) is 0 Å². The molecule has 0 saturated carbocycles. The van der Waals surface area contributed by atoms with Crippen LogP contribution in [-0.4, -0.2) is 22.1 Å². The summed E-state index contributed by atoms with van der Waals surface area (Å²) in [6, 6.07) is 1.74. The van der Waals surface area contributed by atoms with Crippen molar-refractivity contribution in [2.24, 2.45) is 0 Å². The highest BCUT2D eigenvalue weighted by atomic mass is 79.9. The van der Waals surface area contributed by atoms with E-state index in [4.69, 9.17) is 4.74 Å². The van der Waals surface area contributed by atoms with Crippen LogP contribution < -0.4 is 4.74 Å². The molecule has 0 aliphatic carbocycles. The first-order valence-electron chi connectivity index (χ1n) is 3.62. The van der Waals surface area contributed by atoms with Crippen molar-refractivity contribution in [1.29, 1.82) is 0 Å². The van der Waals surface area contributed by atoms with Crippen molar-refractivity contribution in [3.05, 3.63) is 23.1 Å². The molecule has 2 rings (SSSR count). The van der Waals surface area contributed by atoms with Crippen LogP contribution in [0.2, 0.25) is 0 Å². The van der Waals surface area contributed by atoms with Crippen molar-refractivity contribution in [2.45, 2.75) is 0 Å². The molecule has 0 spiro atoms. The molecule has 0 radical (unpaired) electrons. The number of methoxy groups -OCH3 is 1. The third-order valence-corrected chi connectivity index (χ3v) is 1.97. The summed E-state index contributed by atoms with van der Waals surface area (Å²) >= 11 is 3.24. The second-order valence-corrected chi connectivity index (χ2v) is 3.22. The summed E-state index contributed by atoms with van der Waals surface area (Å²) in [5.41, 5.74) is 1.52. The Labute approximate surface area is 83.1 Å². The largest absolute Gasteiger partial charge is 0.481 e. The number of hydrogen-bond donors (Lipinski definition) is 0. The summed E-state index contributed by atoms with van der Waals surface area (Å²) in [5, 5.41) is 0. The molecular weight excluding hydrogens is 234 g/mol. The maximum absolute atomic E-state index is 4.96. The summed E-state index contributed by atoms with van der Waals surface area (Å²) in [4.78, 5) is 12.4. The highest BCUT2D eigenvalue weighted by Crippen LogP contribution is 2.15. The minimum Gasteiger partial charge on any atom is -0.481 e. The van der Waals surface area contributed by atoms with Gasteiger partial charge in [0.05, 0.1) is 25.0 Å². The summed E-state index contributed by atoms with van der Waals surface area (Å²) in [7, 11) is 1.57. The van der Waals surface area contributed by atoms with E-state index in [9.17, 15) is 0 Å². The standard InChI is InChI=1S/C8H6BrN3O/c1-13-8-2-5-6(3-11-8)12-7(9)4-10-5/h2-4H,1H3. The van der Waals surface area contributed by atoms with Crippen LogP contribution in [0.4, 0.5) is 0 Å². The maximum atomic E-state index is 4.96. The Morgan fingerprint density at radius 3 is 2.85 bits per heavy atom. The number of ether oxygens (including phenoxy) is 1. The second-order valence-electron chi connectivity index (χ2n) is 2.41. The van der Waals surface area contributed by atoms with Crippen LogP contribution in [-0.2, 0) is 0 Å². The molecule has 0 atom stereocenters. The Morgan fingerprint density at radius 2 is 2.08 bits per heavy atom. The van der Waals surface area contributed by atoms with Crippen LogP contribution in [0.5, 0.6) is 5.88 Å². The van der Waals surface area contributed by atoms with Gasteiger partial charge < -0.3 is 4.74 Å². The van der Waals surface area contributed by atoms with E-state index in [1.54, 1.807) is 25.6 Å². The number of pyridine rings is 1. The van der Waals surface area contributed by atoms with Gasteiger partial charge in [0.15, 0.2) is 0 Å². The molecule has 5 heteroatoms. The van der Waals surface area contributed by atoms with E-state index in [1.807, 2.05) is 0 Å². The van der Waals surface area contributed by atoms with Crippen molar-refractivity contribution in [3.63, 3.8) is 0 Å². The first kappa shape index (κ1) is 8.37. The molecule has 13 heavy (non-hydrogen) atoms. The number of halogens is 1. The Bertz CT molecular complexity index is 446. The van der Waals surface area contributed by atoms with Crippen LogP contribution in [0.15, 0.2) is 23.1 Å². The van der Waals surface area contributed by atoms with Crippen molar-refractivity contribution in [3.8, 4) is 5.88 Å². The molecule has 0 fully saturated rings. The second kappa shape index (κ2) is 3.26. The smallest absolute Gasteiger partial charge is 0.215 e. The zero-order valence-corrected chi connectivity index (χ0v) is 8.45. The lowest BCUT2D eigenvalue weighted by Gasteiger charge is -1.99. The van der Waals surface area contributed by atoms with Gasteiger partial charge in [0.1, 0.15) is 10.1 Å². The van der Waals surface area contributed by atoms with E-state index < -0.39 is 0 Å². The van der Waals surface area contributed by atoms with Crippen LogP contribution in [0.1, 0.15) is 0 Å². The third-order valence-electron chi connectivity index (χ3n) is 1.58. The summed E-state index contributed by atoms with van der Waals surface area (Å²) in [5.74, 6) is 0.545. The fourth-order valence-electron chi connectivity index (χ4n) is 0.987. The Hall–Kier alpha value is -1.23. The Balaban J connectivity index is 2.66. The van der Waals surface area contributed by atoms with E-state index in [0.717, 1.165) is 11.0 Å². The van der Waals surface area contributed by atoms with Crippen LogP contribution in [0.3, 0.4) is 0 Å².